The molecule has 1 aliphatic rings. The largest absolute Gasteiger partial charge is 0.394 e. The van der Waals surface area contributed by atoms with E-state index in [1.54, 1.807) is 6.07 Å². The first-order valence-corrected chi connectivity index (χ1v) is 9.88. The molecular formula is C21H24Cl2O4. The molecule has 146 valence electrons. The molecule has 3 N–H and O–H groups in total. The minimum atomic E-state index is -1.00. The number of aliphatic hydroxyl groups is 3. The maximum atomic E-state index is 10.3. The highest BCUT2D eigenvalue weighted by Crippen LogP contribution is 2.32. The van der Waals surface area contributed by atoms with E-state index in [1.165, 1.54) is 0 Å². The van der Waals surface area contributed by atoms with E-state index in [4.69, 9.17) is 27.9 Å². The summed E-state index contributed by atoms with van der Waals surface area (Å²) < 4.78 is 5.77. The fourth-order valence-corrected chi connectivity index (χ4v) is 4.10. The molecule has 4 nitrogen and oxygen atoms in total. The summed E-state index contributed by atoms with van der Waals surface area (Å²) in [6.07, 6.45) is -0.145. The van der Waals surface area contributed by atoms with Crippen molar-refractivity contribution in [3.63, 3.8) is 0 Å². The maximum Gasteiger partial charge on any atom is 0.111 e. The van der Waals surface area contributed by atoms with E-state index in [2.05, 4.69) is 0 Å². The molecule has 6 heteroatoms. The molecule has 1 saturated heterocycles. The molecule has 2 aromatic carbocycles. The van der Waals surface area contributed by atoms with E-state index in [9.17, 15) is 15.3 Å². The van der Waals surface area contributed by atoms with Crippen LogP contribution in [0.5, 0.6) is 0 Å². The standard InChI is InChI=1S/C21H24Cl2O4/c22-16-8-14(9-17(23)10-16)5-1-3-13-4-2-6-15(7-13)21-20(26)19(25)11-18(12-24)27-21/h2,4,6-10,18-21,24-26H,1,3,5,11-12H2. The van der Waals surface area contributed by atoms with Crippen LogP contribution in [0.25, 0.3) is 0 Å². The highest BCUT2D eigenvalue weighted by Gasteiger charge is 2.37. The van der Waals surface area contributed by atoms with E-state index in [0.717, 1.165) is 36.0 Å². The Balaban J connectivity index is 1.64. The Morgan fingerprint density at radius 1 is 0.963 bits per heavy atom. The third kappa shape index (κ3) is 5.44. The van der Waals surface area contributed by atoms with Gasteiger partial charge in [0.1, 0.15) is 12.2 Å². The van der Waals surface area contributed by atoms with Crippen molar-refractivity contribution in [3.05, 3.63) is 69.2 Å². The summed E-state index contributed by atoms with van der Waals surface area (Å²) in [5, 5.41) is 30.9. The van der Waals surface area contributed by atoms with Crippen molar-refractivity contribution in [1.82, 2.24) is 0 Å². The summed E-state index contributed by atoms with van der Waals surface area (Å²) in [5.41, 5.74) is 3.03. The molecule has 3 rings (SSSR count). The third-order valence-corrected chi connectivity index (χ3v) is 5.32. The average Bonchev–Trinajstić information content (AvgIpc) is 2.63. The van der Waals surface area contributed by atoms with Crippen LogP contribution >= 0.6 is 23.2 Å². The molecule has 4 atom stereocenters. The fourth-order valence-electron chi connectivity index (χ4n) is 3.52. The monoisotopic (exact) mass is 410 g/mol. The number of aryl methyl sites for hydroxylation is 2. The lowest BCUT2D eigenvalue weighted by molar-refractivity contribution is -0.179. The lowest BCUT2D eigenvalue weighted by atomic mass is 9.92. The van der Waals surface area contributed by atoms with Crippen LogP contribution in [0.2, 0.25) is 10.0 Å². The first-order valence-electron chi connectivity index (χ1n) is 9.12. The number of hydrogen-bond acceptors (Lipinski definition) is 4. The second-order valence-corrected chi connectivity index (χ2v) is 7.90. The van der Waals surface area contributed by atoms with Gasteiger partial charge in [-0.05, 0) is 54.2 Å². The zero-order valence-corrected chi connectivity index (χ0v) is 16.4. The number of benzene rings is 2. The number of ether oxygens (including phenoxy) is 1. The van der Waals surface area contributed by atoms with Gasteiger partial charge in [0, 0.05) is 16.5 Å². The van der Waals surface area contributed by atoms with Gasteiger partial charge in [0.05, 0.1) is 18.8 Å². The highest BCUT2D eigenvalue weighted by atomic mass is 35.5. The van der Waals surface area contributed by atoms with Crippen molar-refractivity contribution in [2.24, 2.45) is 0 Å². The number of rotatable bonds is 6. The van der Waals surface area contributed by atoms with Crippen LogP contribution in [0, 0.1) is 0 Å². The van der Waals surface area contributed by atoms with Crippen molar-refractivity contribution in [2.75, 3.05) is 6.61 Å². The number of hydrogen-bond donors (Lipinski definition) is 3. The maximum absolute atomic E-state index is 10.3. The summed E-state index contributed by atoms with van der Waals surface area (Å²) in [4.78, 5) is 0. The molecule has 0 aromatic heterocycles. The second kappa shape index (κ2) is 9.37. The van der Waals surface area contributed by atoms with Gasteiger partial charge in [0.2, 0.25) is 0 Å². The summed E-state index contributed by atoms with van der Waals surface area (Å²) in [5.74, 6) is 0. The van der Waals surface area contributed by atoms with Gasteiger partial charge in [-0.2, -0.15) is 0 Å². The van der Waals surface area contributed by atoms with Gasteiger partial charge in [-0.3, -0.25) is 0 Å². The Kier molecular flexibility index (Phi) is 7.15. The van der Waals surface area contributed by atoms with Crippen molar-refractivity contribution in [2.45, 2.75) is 50.1 Å². The minimum Gasteiger partial charge on any atom is -0.394 e. The quantitative estimate of drug-likeness (QED) is 0.678. The minimum absolute atomic E-state index is 0.178. The van der Waals surface area contributed by atoms with E-state index < -0.39 is 24.4 Å². The predicted octanol–water partition coefficient (Wildman–Crippen LogP) is 3.71. The molecule has 0 aliphatic carbocycles. The van der Waals surface area contributed by atoms with Gasteiger partial charge in [0.25, 0.3) is 0 Å². The van der Waals surface area contributed by atoms with Crippen LogP contribution in [0.15, 0.2) is 42.5 Å². The molecule has 0 saturated carbocycles. The first kappa shape index (κ1) is 20.6. The van der Waals surface area contributed by atoms with Crippen LogP contribution in [-0.4, -0.2) is 40.2 Å². The summed E-state index contributed by atoms with van der Waals surface area (Å²) >= 11 is 12.1. The van der Waals surface area contributed by atoms with E-state index >= 15 is 0 Å². The molecule has 0 bridgehead atoms. The number of aliphatic hydroxyl groups excluding tert-OH is 3. The Morgan fingerprint density at radius 3 is 2.37 bits per heavy atom. The Hall–Kier alpha value is -1.14. The van der Waals surface area contributed by atoms with E-state index in [0.29, 0.717) is 10.0 Å². The molecule has 2 aromatic rings. The van der Waals surface area contributed by atoms with Crippen LogP contribution in [0.4, 0.5) is 0 Å². The normalized spacial score (nSPS) is 25.5. The lowest BCUT2D eigenvalue weighted by Crippen LogP contribution is -2.44. The van der Waals surface area contributed by atoms with Crippen molar-refractivity contribution < 1.29 is 20.1 Å². The molecule has 0 radical (unpaired) electrons. The molecule has 1 heterocycles. The second-order valence-electron chi connectivity index (χ2n) is 7.03. The van der Waals surface area contributed by atoms with Gasteiger partial charge in [0.15, 0.2) is 0 Å². The van der Waals surface area contributed by atoms with Gasteiger partial charge in [-0.15, -0.1) is 0 Å². The van der Waals surface area contributed by atoms with Gasteiger partial charge >= 0.3 is 0 Å². The molecule has 0 spiro atoms. The van der Waals surface area contributed by atoms with Gasteiger partial charge in [-0.1, -0.05) is 47.5 Å². The van der Waals surface area contributed by atoms with Crippen molar-refractivity contribution in [3.8, 4) is 0 Å². The molecular weight excluding hydrogens is 387 g/mol. The average molecular weight is 411 g/mol. The lowest BCUT2D eigenvalue weighted by Gasteiger charge is -2.37. The Labute approximate surface area is 169 Å². The number of halogens is 2. The smallest absolute Gasteiger partial charge is 0.111 e. The van der Waals surface area contributed by atoms with Crippen LogP contribution in [-0.2, 0) is 17.6 Å². The molecule has 4 unspecified atom stereocenters. The topological polar surface area (TPSA) is 69.9 Å². The molecule has 0 amide bonds. The SMILES string of the molecule is OCC1CC(O)C(O)C(c2cccc(CCCc3cc(Cl)cc(Cl)c3)c2)O1. The summed E-state index contributed by atoms with van der Waals surface area (Å²) in [7, 11) is 0. The van der Waals surface area contributed by atoms with Gasteiger partial charge < -0.3 is 20.1 Å². The van der Waals surface area contributed by atoms with Crippen LogP contribution < -0.4 is 0 Å². The van der Waals surface area contributed by atoms with E-state index in [1.807, 2.05) is 36.4 Å². The fraction of sp³-hybridized carbons (Fsp3) is 0.429. The zero-order chi connectivity index (χ0) is 19.4. The Morgan fingerprint density at radius 2 is 1.67 bits per heavy atom. The summed E-state index contributed by atoms with van der Waals surface area (Å²) in [6, 6.07) is 13.4. The highest BCUT2D eigenvalue weighted by molar-refractivity contribution is 6.34. The van der Waals surface area contributed by atoms with Crippen LogP contribution in [0.1, 0.15) is 35.6 Å². The molecule has 27 heavy (non-hydrogen) atoms. The molecule has 1 aliphatic heterocycles. The predicted molar refractivity (Wildman–Crippen MR) is 106 cm³/mol. The third-order valence-electron chi connectivity index (χ3n) is 4.88. The first-order chi connectivity index (χ1) is 13.0. The van der Waals surface area contributed by atoms with Crippen LogP contribution in [0.3, 0.4) is 0 Å². The summed E-state index contributed by atoms with van der Waals surface area (Å²) in [6.45, 7) is -0.178. The van der Waals surface area contributed by atoms with Gasteiger partial charge in [-0.25, -0.2) is 0 Å². The van der Waals surface area contributed by atoms with E-state index in [-0.39, 0.29) is 13.0 Å². The zero-order valence-electron chi connectivity index (χ0n) is 14.9. The van der Waals surface area contributed by atoms with Crippen molar-refractivity contribution >= 4 is 23.2 Å². The Bertz CT molecular complexity index is 747. The van der Waals surface area contributed by atoms with Crippen molar-refractivity contribution in [1.29, 1.82) is 0 Å². The molecule has 1 fully saturated rings.